The fourth-order valence-electron chi connectivity index (χ4n) is 3.12. The summed E-state index contributed by atoms with van der Waals surface area (Å²) in [5.41, 5.74) is 1.66. The van der Waals surface area contributed by atoms with E-state index in [0.717, 1.165) is 26.8 Å². The number of hydrogen-bond donors (Lipinski definition) is 1. The van der Waals surface area contributed by atoms with Crippen molar-refractivity contribution in [2.45, 2.75) is 10.3 Å². The number of nitrogens with zero attached hydrogens (tertiary/aromatic N) is 1. The van der Waals surface area contributed by atoms with Crippen molar-refractivity contribution in [1.29, 1.82) is 0 Å². The van der Waals surface area contributed by atoms with Crippen LogP contribution in [-0.2, 0) is 14.8 Å². The van der Waals surface area contributed by atoms with Gasteiger partial charge in [-0.05, 0) is 23.6 Å². The summed E-state index contributed by atoms with van der Waals surface area (Å²) < 4.78 is 32.3. The summed E-state index contributed by atoms with van der Waals surface area (Å²) in [6.07, 6.45) is 0. The van der Waals surface area contributed by atoms with Crippen molar-refractivity contribution < 1.29 is 17.9 Å². The number of likely N-dealkylation sites (N-methyl/N-ethyl adjacent to an activating group) is 1. The lowest BCUT2D eigenvalue weighted by atomic mass is 9.94. The molecule has 0 bridgehead atoms. The fraction of sp³-hybridized carbons (Fsp3) is 0.150. The highest BCUT2D eigenvalue weighted by Gasteiger charge is 2.30. The molecule has 2 heterocycles. The van der Waals surface area contributed by atoms with E-state index < -0.39 is 16.1 Å². The predicted molar refractivity (Wildman–Crippen MR) is 107 cm³/mol. The minimum Gasteiger partial charge on any atom is -0.457 e. The second-order valence-electron chi connectivity index (χ2n) is 6.37. The first-order valence-electron chi connectivity index (χ1n) is 8.62. The van der Waals surface area contributed by atoms with Crippen molar-refractivity contribution in [3.05, 3.63) is 77.2 Å². The summed E-state index contributed by atoms with van der Waals surface area (Å²) >= 11 is 1.12. The first kappa shape index (κ1) is 18.7. The maximum absolute atomic E-state index is 12.7. The van der Waals surface area contributed by atoms with E-state index in [-0.39, 0.29) is 16.7 Å². The Morgan fingerprint density at radius 3 is 2.21 bits per heavy atom. The highest BCUT2D eigenvalue weighted by Crippen LogP contribution is 2.42. The van der Waals surface area contributed by atoms with Gasteiger partial charge in [-0.2, -0.15) is 4.31 Å². The van der Waals surface area contributed by atoms with Crippen LogP contribution in [0.25, 0.3) is 0 Å². The lowest BCUT2D eigenvalue weighted by molar-refractivity contribution is -0.121. The number of carbonyl (C=O) groups is 1. The van der Waals surface area contributed by atoms with Gasteiger partial charge >= 0.3 is 0 Å². The summed E-state index contributed by atoms with van der Waals surface area (Å²) in [4.78, 5) is 12.7. The van der Waals surface area contributed by atoms with Crippen molar-refractivity contribution in [1.82, 2.24) is 9.62 Å². The molecule has 0 saturated carbocycles. The zero-order valence-electron chi connectivity index (χ0n) is 15.0. The van der Waals surface area contributed by atoms with Crippen molar-refractivity contribution in [3.63, 3.8) is 0 Å². The molecular formula is C20H18N2O4S2. The molecule has 0 radical (unpaired) electrons. The number of benzene rings is 2. The van der Waals surface area contributed by atoms with Crippen LogP contribution in [0.15, 0.2) is 70.3 Å². The summed E-state index contributed by atoms with van der Waals surface area (Å²) in [6, 6.07) is 17.7. The molecule has 1 amide bonds. The Morgan fingerprint density at radius 1 is 1.04 bits per heavy atom. The minimum atomic E-state index is -3.69. The molecule has 8 heteroatoms. The second kappa shape index (κ2) is 7.38. The smallest absolute Gasteiger partial charge is 0.252 e. The van der Waals surface area contributed by atoms with Crippen molar-refractivity contribution in [2.24, 2.45) is 0 Å². The van der Waals surface area contributed by atoms with Gasteiger partial charge in [0, 0.05) is 18.2 Å². The fourth-order valence-corrected chi connectivity index (χ4v) is 5.45. The molecule has 1 aromatic heterocycles. The lowest BCUT2D eigenvalue weighted by Gasteiger charge is -2.29. The van der Waals surface area contributed by atoms with Crippen LogP contribution < -0.4 is 10.1 Å². The van der Waals surface area contributed by atoms with E-state index in [2.05, 4.69) is 5.32 Å². The minimum absolute atomic E-state index is 0.213. The average molecular weight is 415 g/mol. The SMILES string of the molecule is CN(CC(=O)NC1c2ccccc2Oc2ccccc21)S(=O)(=O)c1cccs1. The molecule has 144 valence electrons. The summed E-state index contributed by atoms with van der Waals surface area (Å²) in [6.45, 7) is -0.276. The van der Waals surface area contributed by atoms with E-state index in [1.807, 2.05) is 48.5 Å². The maximum Gasteiger partial charge on any atom is 0.252 e. The number of sulfonamides is 1. The molecule has 4 rings (SSSR count). The first-order chi connectivity index (χ1) is 13.5. The Kier molecular flexibility index (Phi) is 4.92. The predicted octanol–water partition coefficient (Wildman–Crippen LogP) is 3.38. The van der Waals surface area contributed by atoms with Gasteiger partial charge in [0.2, 0.25) is 5.91 Å². The number of rotatable bonds is 5. The summed E-state index contributed by atoms with van der Waals surface area (Å²) in [7, 11) is -2.28. The van der Waals surface area contributed by atoms with Gasteiger partial charge in [-0.1, -0.05) is 42.5 Å². The zero-order valence-corrected chi connectivity index (χ0v) is 16.7. The number of carbonyl (C=O) groups excluding carboxylic acids is 1. The first-order valence-corrected chi connectivity index (χ1v) is 10.9. The molecule has 1 aliphatic heterocycles. The van der Waals surface area contributed by atoms with E-state index >= 15 is 0 Å². The normalized spacial score (nSPS) is 13.5. The molecule has 0 atom stereocenters. The van der Waals surface area contributed by atoms with Crippen LogP contribution in [0.1, 0.15) is 17.2 Å². The van der Waals surface area contributed by atoms with Crippen LogP contribution in [0.2, 0.25) is 0 Å². The Balaban J connectivity index is 1.57. The molecule has 2 aromatic carbocycles. The highest BCUT2D eigenvalue weighted by atomic mass is 32.2. The summed E-state index contributed by atoms with van der Waals surface area (Å²) in [5.74, 6) is 0.955. The third-order valence-corrected chi connectivity index (χ3v) is 7.69. The number of amides is 1. The zero-order chi connectivity index (χ0) is 19.7. The van der Waals surface area contributed by atoms with Crippen molar-refractivity contribution in [2.75, 3.05) is 13.6 Å². The maximum atomic E-state index is 12.7. The van der Waals surface area contributed by atoms with Gasteiger partial charge in [0.25, 0.3) is 10.0 Å². The monoisotopic (exact) mass is 414 g/mol. The molecule has 0 unspecified atom stereocenters. The van der Waals surface area contributed by atoms with E-state index in [9.17, 15) is 13.2 Å². The number of nitrogens with one attached hydrogen (secondary N) is 1. The number of para-hydroxylation sites is 2. The van der Waals surface area contributed by atoms with Gasteiger partial charge in [-0.25, -0.2) is 8.42 Å². The number of hydrogen-bond acceptors (Lipinski definition) is 5. The summed E-state index contributed by atoms with van der Waals surface area (Å²) in [5, 5.41) is 4.65. The van der Waals surface area contributed by atoms with Crippen molar-refractivity contribution >= 4 is 27.3 Å². The molecule has 0 saturated heterocycles. The van der Waals surface area contributed by atoms with E-state index in [4.69, 9.17) is 4.74 Å². The van der Waals surface area contributed by atoms with Crippen LogP contribution in [0, 0.1) is 0 Å². The lowest BCUT2D eigenvalue weighted by Crippen LogP contribution is -2.40. The highest BCUT2D eigenvalue weighted by molar-refractivity contribution is 7.91. The van der Waals surface area contributed by atoms with Gasteiger partial charge in [0.05, 0.1) is 12.6 Å². The van der Waals surface area contributed by atoms with Crippen LogP contribution in [-0.4, -0.2) is 32.2 Å². The molecular weight excluding hydrogens is 396 g/mol. The topological polar surface area (TPSA) is 75.7 Å². The molecule has 0 spiro atoms. The Labute approximate surface area is 167 Å². The van der Waals surface area contributed by atoms with Crippen LogP contribution >= 0.6 is 11.3 Å². The Bertz CT molecular complexity index is 1070. The van der Waals surface area contributed by atoms with Crippen LogP contribution in [0.5, 0.6) is 11.5 Å². The number of ether oxygens (including phenoxy) is 1. The van der Waals surface area contributed by atoms with E-state index in [1.165, 1.54) is 13.1 Å². The van der Waals surface area contributed by atoms with Crippen LogP contribution in [0.3, 0.4) is 0 Å². The molecule has 1 N–H and O–H groups in total. The molecule has 3 aromatic rings. The number of fused-ring (bicyclic) bond motifs is 2. The third kappa shape index (κ3) is 3.42. The van der Waals surface area contributed by atoms with E-state index in [1.54, 1.807) is 11.4 Å². The average Bonchev–Trinajstić information content (AvgIpc) is 3.23. The largest absolute Gasteiger partial charge is 0.457 e. The third-order valence-electron chi connectivity index (χ3n) is 4.51. The Hall–Kier alpha value is -2.68. The molecule has 1 aliphatic rings. The van der Waals surface area contributed by atoms with E-state index in [0.29, 0.717) is 11.5 Å². The second-order valence-corrected chi connectivity index (χ2v) is 9.59. The van der Waals surface area contributed by atoms with Gasteiger partial charge in [0.15, 0.2) is 0 Å². The Morgan fingerprint density at radius 2 is 1.64 bits per heavy atom. The van der Waals surface area contributed by atoms with Crippen molar-refractivity contribution in [3.8, 4) is 11.5 Å². The van der Waals surface area contributed by atoms with Gasteiger partial charge < -0.3 is 10.1 Å². The molecule has 28 heavy (non-hydrogen) atoms. The van der Waals surface area contributed by atoms with Crippen LogP contribution in [0.4, 0.5) is 0 Å². The quantitative estimate of drug-likeness (QED) is 0.694. The van der Waals surface area contributed by atoms with Gasteiger partial charge in [-0.15, -0.1) is 11.3 Å². The van der Waals surface area contributed by atoms with Gasteiger partial charge in [0.1, 0.15) is 15.7 Å². The molecule has 6 nitrogen and oxygen atoms in total. The molecule has 0 aliphatic carbocycles. The standard InChI is InChI=1S/C20H18N2O4S2/c1-22(28(24,25)19-11-6-12-27-19)13-18(23)21-20-14-7-2-4-9-16(14)26-17-10-5-3-8-15(17)20/h2-12,20H,13H2,1H3,(H,21,23). The number of thiophene rings is 1. The van der Waals surface area contributed by atoms with Gasteiger partial charge in [-0.3, -0.25) is 4.79 Å². The molecule has 0 fully saturated rings.